The largest absolute Gasteiger partial charge is 0.416 e. The fourth-order valence-electron chi connectivity index (χ4n) is 4.85. The molecule has 0 fully saturated rings. The van der Waals surface area contributed by atoms with Gasteiger partial charge in [0.25, 0.3) is 5.91 Å². The van der Waals surface area contributed by atoms with E-state index in [4.69, 9.17) is 11.6 Å². The minimum atomic E-state index is -4.59. The van der Waals surface area contributed by atoms with Gasteiger partial charge >= 0.3 is 6.18 Å². The number of hydrogen-bond acceptors (Lipinski definition) is 4. The SMILES string of the molecule is CSc1ccc([C@@H]2C(C(=O)Nc3cc(C(F)(F)F)ccc3Cl)=C(C)NC3=C2C(=O)CC(C)(C)C3)cc1. The van der Waals surface area contributed by atoms with E-state index >= 15 is 0 Å². The van der Waals surface area contributed by atoms with Crippen molar-refractivity contribution in [3.63, 3.8) is 0 Å². The average Bonchev–Trinajstić information content (AvgIpc) is 2.78. The zero-order valence-corrected chi connectivity index (χ0v) is 21.8. The molecule has 1 aliphatic carbocycles. The standard InChI is InChI=1S/C27H26ClF3N2O2S/c1-14-22(25(35)33-19-11-16(27(29,30)31)7-10-18(19)28)23(15-5-8-17(36-4)9-6-15)24-20(32-14)12-26(2,3)13-21(24)34/h5-11,23,32H,12-13H2,1-4H3,(H,33,35)/t23-/m1/s1. The molecule has 2 N–H and O–H groups in total. The normalized spacial score (nSPS) is 19.7. The maximum atomic E-state index is 13.6. The number of ketones is 1. The number of hydrogen-bond donors (Lipinski definition) is 2. The molecule has 1 atom stereocenters. The van der Waals surface area contributed by atoms with Gasteiger partial charge in [0.05, 0.1) is 16.3 Å². The number of alkyl halides is 3. The monoisotopic (exact) mass is 534 g/mol. The van der Waals surface area contributed by atoms with Gasteiger partial charge in [0.1, 0.15) is 0 Å². The van der Waals surface area contributed by atoms with E-state index in [1.165, 1.54) is 0 Å². The molecular formula is C27H26ClF3N2O2S. The van der Waals surface area contributed by atoms with E-state index < -0.39 is 23.6 Å². The molecule has 2 aromatic carbocycles. The van der Waals surface area contributed by atoms with Crippen LogP contribution in [0.3, 0.4) is 0 Å². The van der Waals surface area contributed by atoms with Crippen molar-refractivity contribution in [1.29, 1.82) is 0 Å². The van der Waals surface area contributed by atoms with Crippen LogP contribution in [0.1, 0.15) is 50.7 Å². The van der Waals surface area contributed by atoms with Crippen LogP contribution in [0.15, 0.2) is 69.9 Å². The third-order valence-corrected chi connectivity index (χ3v) is 7.55. The Bertz CT molecular complexity index is 1300. The first-order chi connectivity index (χ1) is 16.8. The maximum Gasteiger partial charge on any atom is 0.416 e. The Balaban J connectivity index is 1.79. The van der Waals surface area contributed by atoms with E-state index in [0.717, 1.165) is 34.4 Å². The maximum absolute atomic E-state index is 13.6. The van der Waals surface area contributed by atoms with Crippen molar-refractivity contribution in [1.82, 2.24) is 5.32 Å². The van der Waals surface area contributed by atoms with Crippen molar-refractivity contribution in [3.05, 3.63) is 81.2 Å². The van der Waals surface area contributed by atoms with Gasteiger partial charge < -0.3 is 10.6 Å². The number of dihydropyridines is 1. The third-order valence-electron chi connectivity index (χ3n) is 6.48. The van der Waals surface area contributed by atoms with Crippen molar-refractivity contribution in [2.24, 2.45) is 5.41 Å². The highest BCUT2D eigenvalue weighted by atomic mass is 35.5. The second kappa shape index (κ2) is 9.63. The number of anilines is 1. The quantitative estimate of drug-likeness (QED) is 0.403. The lowest BCUT2D eigenvalue weighted by atomic mass is 9.68. The van der Waals surface area contributed by atoms with Gasteiger partial charge in [0, 0.05) is 39.8 Å². The molecule has 4 nitrogen and oxygen atoms in total. The van der Waals surface area contributed by atoms with Crippen LogP contribution in [0.5, 0.6) is 0 Å². The summed E-state index contributed by atoms with van der Waals surface area (Å²) in [6, 6.07) is 10.4. The van der Waals surface area contributed by atoms with Gasteiger partial charge in [-0.05, 0) is 60.9 Å². The molecule has 0 saturated heterocycles. The number of allylic oxidation sites excluding steroid dienone is 3. The Hall–Kier alpha value is -2.71. The smallest absolute Gasteiger partial charge is 0.362 e. The Morgan fingerprint density at radius 3 is 2.42 bits per heavy atom. The van der Waals surface area contributed by atoms with Gasteiger partial charge in [0.15, 0.2) is 5.78 Å². The van der Waals surface area contributed by atoms with Crippen LogP contribution < -0.4 is 10.6 Å². The number of rotatable bonds is 4. The van der Waals surface area contributed by atoms with Crippen molar-refractivity contribution in [2.45, 2.75) is 50.6 Å². The molecule has 2 aliphatic rings. The molecule has 0 aromatic heterocycles. The Labute approximate surface area is 217 Å². The van der Waals surface area contributed by atoms with Gasteiger partial charge in [-0.1, -0.05) is 37.6 Å². The van der Waals surface area contributed by atoms with Crippen molar-refractivity contribution < 1.29 is 22.8 Å². The minimum absolute atomic E-state index is 0.0188. The topological polar surface area (TPSA) is 58.2 Å². The molecule has 0 spiro atoms. The zero-order valence-electron chi connectivity index (χ0n) is 20.3. The molecular weight excluding hydrogens is 509 g/mol. The summed E-state index contributed by atoms with van der Waals surface area (Å²) in [5, 5.41) is 5.80. The second-order valence-electron chi connectivity index (χ2n) is 9.85. The molecule has 4 rings (SSSR count). The summed E-state index contributed by atoms with van der Waals surface area (Å²) in [6.45, 7) is 5.78. The lowest BCUT2D eigenvalue weighted by molar-refractivity contribution is -0.137. The summed E-state index contributed by atoms with van der Waals surface area (Å²) >= 11 is 7.71. The third kappa shape index (κ3) is 5.20. The summed E-state index contributed by atoms with van der Waals surface area (Å²) in [7, 11) is 0. The number of benzene rings is 2. The van der Waals surface area contributed by atoms with E-state index in [0.29, 0.717) is 24.1 Å². The molecule has 0 saturated carbocycles. The van der Waals surface area contributed by atoms with Gasteiger partial charge in [0.2, 0.25) is 0 Å². The molecule has 1 amide bonds. The highest BCUT2D eigenvalue weighted by Crippen LogP contribution is 2.47. The van der Waals surface area contributed by atoms with E-state index in [2.05, 4.69) is 10.6 Å². The molecule has 1 aliphatic heterocycles. The molecule has 0 bridgehead atoms. The number of thioether (sulfide) groups is 1. The summed E-state index contributed by atoms with van der Waals surface area (Å²) in [5.74, 6) is -1.34. The van der Waals surface area contributed by atoms with Crippen molar-refractivity contribution >= 4 is 40.7 Å². The molecule has 190 valence electrons. The molecule has 1 heterocycles. The molecule has 36 heavy (non-hydrogen) atoms. The number of nitrogens with one attached hydrogen (secondary N) is 2. The first kappa shape index (κ1) is 26.4. The molecule has 9 heteroatoms. The summed E-state index contributed by atoms with van der Waals surface area (Å²) in [4.78, 5) is 28.0. The predicted molar refractivity (Wildman–Crippen MR) is 137 cm³/mol. The van der Waals surface area contributed by atoms with Crippen LogP contribution in [0.4, 0.5) is 18.9 Å². The highest BCUT2D eigenvalue weighted by Gasteiger charge is 2.43. The van der Waals surface area contributed by atoms with E-state index in [1.54, 1.807) is 18.7 Å². The van der Waals surface area contributed by atoms with Gasteiger partial charge in [-0.2, -0.15) is 13.2 Å². The number of carbonyl (C=O) groups is 2. The van der Waals surface area contributed by atoms with Crippen LogP contribution >= 0.6 is 23.4 Å². The molecule has 0 radical (unpaired) electrons. The first-order valence-electron chi connectivity index (χ1n) is 11.4. The zero-order chi connectivity index (χ0) is 26.4. The van der Waals surface area contributed by atoms with E-state index in [9.17, 15) is 22.8 Å². The van der Waals surface area contributed by atoms with Crippen LogP contribution in [0.25, 0.3) is 0 Å². The summed E-state index contributed by atoms with van der Waals surface area (Å²) in [5.41, 5.74) is 1.57. The number of Topliss-reactive ketones (excluding diaryl/α,β-unsaturated/α-hetero) is 1. The number of carbonyl (C=O) groups excluding carboxylic acids is 2. The number of halogens is 4. The predicted octanol–water partition coefficient (Wildman–Crippen LogP) is 7.32. The lowest BCUT2D eigenvalue weighted by Gasteiger charge is -2.39. The van der Waals surface area contributed by atoms with Crippen molar-refractivity contribution in [2.75, 3.05) is 11.6 Å². The average molecular weight is 535 g/mol. The van der Waals surface area contributed by atoms with Crippen LogP contribution in [-0.2, 0) is 15.8 Å². The molecule has 0 unspecified atom stereocenters. The number of amides is 1. The van der Waals surface area contributed by atoms with Gasteiger partial charge in [-0.25, -0.2) is 0 Å². The summed E-state index contributed by atoms with van der Waals surface area (Å²) in [6.07, 6.45) is -1.66. The highest BCUT2D eigenvalue weighted by molar-refractivity contribution is 7.98. The summed E-state index contributed by atoms with van der Waals surface area (Å²) < 4.78 is 39.8. The lowest BCUT2D eigenvalue weighted by Crippen LogP contribution is -2.39. The van der Waals surface area contributed by atoms with Gasteiger partial charge in [-0.15, -0.1) is 11.8 Å². The Morgan fingerprint density at radius 1 is 1.14 bits per heavy atom. The van der Waals surface area contributed by atoms with E-state index in [-0.39, 0.29) is 27.5 Å². The van der Waals surface area contributed by atoms with Crippen LogP contribution in [0.2, 0.25) is 5.02 Å². The van der Waals surface area contributed by atoms with Crippen LogP contribution in [-0.4, -0.2) is 17.9 Å². The second-order valence-corrected chi connectivity index (χ2v) is 11.1. The molecule has 2 aromatic rings. The first-order valence-corrected chi connectivity index (χ1v) is 13.0. The van der Waals surface area contributed by atoms with Crippen LogP contribution in [0, 0.1) is 5.41 Å². The van der Waals surface area contributed by atoms with E-state index in [1.807, 2.05) is 44.4 Å². The minimum Gasteiger partial charge on any atom is -0.362 e. The Morgan fingerprint density at radius 2 is 1.81 bits per heavy atom. The van der Waals surface area contributed by atoms with Gasteiger partial charge in [-0.3, -0.25) is 9.59 Å². The Kier molecular flexibility index (Phi) is 7.05. The fourth-order valence-corrected chi connectivity index (χ4v) is 5.43. The van der Waals surface area contributed by atoms with Crippen molar-refractivity contribution in [3.8, 4) is 0 Å². The fraction of sp³-hybridized carbons (Fsp3) is 0.333.